The lowest BCUT2D eigenvalue weighted by atomic mass is 10.2. The molecule has 6 heteroatoms. The molecule has 1 heterocycles. The van der Waals surface area contributed by atoms with Crippen LogP contribution in [-0.4, -0.2) is 25.1 Å². The third-order valence-electron chi connectivity index (χ3n) is 3.23. The highest BCUT2D eigenvalue weighted by Crippen LogP contribution is 2.27. The van der Waals surface area contributed by atoms with Gasteiger partial charge in [-0.15, -0.1) is 11.3 Å². The van der Waals surface area contributed by atoms with Gasteiger partial charge in [-0.1, -0.05) is 30.3 Å². The highest BCUT2D eigenvalue weighted by molar-refractivity contribution is 7.18. The van der Waals surface area contributed by atoms with E-state index in [0.717, 1.165) is 11.1 Å². The molecule has 1 amide bonds. The molecule has 0 aliphatic heterocycles. The van der Waals surface area contributed by atoms with Crippen molar-refractivity contribution in [2.45, 2.75) is 26.9 Å². The largest absolute Gasteiger partial charge is 0.462 e. The Morgan fingerprint density at radius 1 is 1.21 bits per heavy atom. The Morgan fingerprint density at radius 2 is 1.96 bits per heavy atom. The summed E-state index contributed by atoms with van der Waals surface area (Å²) < 4.78 is 10.5. The molecule has 0 atom stereocenters. The van der Waals surface area contributed by atoms with Crippen LogP contribution in [0.3, 0.4) is 0 Å². The predicted octanol–water partition coefficient (Wildman–Crippen LogP) is 3.78. The second kappa shape index (κ2) is 9.20. The number of hydrogen-bond donors (Lipinski definition) is 1. The Hall–Kier alpha value is -2.18. The molecule has 5 nitrogen and oxygen atoms in total. The topological polar surface area (TPSA) is 64.6 Å². The second-order valence-electron chi connectivity index (χ2n) is 5.18. The molecule has 128 valence electrons. The first-order valence-corrected chi connectivity index (χ1v) is 8.61. The maximum Gasteiger partial charge on any atom is 0.348 e. The number of nitrogens with one attached hydrogen (secondary N) is 1. The molecule has 0 saturated heterocycles. The molecule has 1 aromatic heterocycles. The SMILES string of the molecule is CCOC(=O)c1sc(NC(=O)CCOCc2ccccc2)cc1C. The van der Waals surface area contributed by atoms with E-state index in [1.165, 1.54) is 11.3 Å². The van der Waals surface area contributed by atoms with Gasteiger partial charge in [0.25, 0.3) is 0 Å². The Balaban J connectivity index is 1.76. The lowest BCUT2D eigenvalue weighted by Gasteiger charge is -2.05. The molecule has 0 aliphatic rings. The first kappa shape index (κ1) is 18.2. The molecular weight excluding hydrogens is 326 g/mol. The van der Waals surface area contributed by atoms with E-state index in [1.807, 2.05) is 37.3 Å². The van der Waals surface area contributed by atoms with Gasteiger partial charge in [0.05, 0.1) is 31.2 Å². The summed E-state index contributed by atoms with van der Waals surface area (Å²) >= 11 is 1.22. The first-order chi connectivity index (χ1) is 11.6. The number of thiophene rings is 1. The number of anilines is 1. The van der Waals surface area contributed by atoms with Crippen molar-refractivity contribution in [2.75, 3.05) is 18.5 Å². The van der Waals surface area contributed by atoms with Gasteiger partial charge in [0, 0.05) is 0 Å². The number of hydrogen-bond acceptors (Lipinski definition) is 5. The minimum Gasteiger partial charge on any atom is -0.462 e. The van der Waals surface area contributed by atoms with Crippen molar-refractivity contribution >= 4 is 28.2 Å². The third-order valence-corrected chi connectivity index (χ3v) is 4.36. The van der Waals surface area contributed by atoms with E-state index in [2.05, 4.69) is 5.32 Å². The average Bonchev–Trinajstić information content (AvgIpc) is 2.93. The van der Waals surface area contributed by atoms with E-state index in [0.29, 0.717) is 29.7 Å². The van der Waals surface area contributed by atoms with Crippen molar-refractivity contribution in [3.05, 3.63) is 52.4 Å². The fraction of sp³-hybridized carbons (Fsp3) is 0.333. The van der Waals surface area contributed by atoms with Crippen LogP contribution in [-0.2, 0) is 20.9 Å². The Bertz CT molecular complexity index is 682. The highest BCUT2D eigenvalue weighted by Gasteiger charge is 2.15. The van der Waals surface area contributed by atoms with E-state index in [-0.39, 0.29) is 18.3 Å². The Labute approximate surface area is 145 Å². The van der Waals surface area contributed by atoms with E-state index < -0.39 is 0 Å². The van der Waals surface area contributed by atoms with Gasteiger partial charge < -0.3 is 14.8 Å². The monoisotopic (exact) mass is 347 g/mol. The fourth-order valence-corrected chi connectivity index (χ4v) is 3.05. The first-order valence-electron chi connectivity index (χ1n) is 7.79. The van der Waals surface area contributed by atoms with E-state index >= 15 is 0 Å². The number of aryl methyl sites for hydroxylation is 1. The Morgan fingerprint density at radius 3 is 2.67 bits per heavy atom. The van der Waals surface area contributed by atoms with Crippen LogP contribution in [0, 0.1) is 6.92 Å². The lowest BCUT2D eigenvalue weighted by molar-refractivity contribution is -0.117. The molecule has 1 aromatic carbocycles. The lowest BCUT2D eigenvalue weighted by Crippen LogP contribution is -2.13. The summed E-state index contributed by atoms with van der Waals surface area (Å²) in [6.45, 7) is 4.74. The van der Waals surface area contributed by atoms with Crippen molar-refractivity contribution in [1.29, 1.82) is 0 Å². The van der Waals surface area contributed by atoms with Crippen molar-refractivity contribution in [3.8, 4) is 0 Å². The quantitative estimate of drug-likeness (QED) is 0.583. The summed E-state index contributed by atoms with van der Waals surface area (Å²) in [6, 6.07) is 11.6. The van der Waals surface area contributed by atoms with Crippen molar-refractivity contribution < 1.29 is 19.1 Å². The number of carbonyl (C=O) groups is 2. The van der Waals surface area contributed by atoms with Gasteiger partial charge in [-0.25, -0.2) is 4.79 Å². The van der Waals surface area contributed by atoms with Gasteiger partial charge in [-0.05, 0) is 31.0 Å². The predicted molar refractivity (Wildman–Crippen MR) is 94.4 cm³/mol. The normalized spacial score (nSPS) is 10.4. The molecule has 0 saturated carbocycles. The number of benzene rings is 1. The van der Waals surface area contributed by atoms with E-state index in [4.69, 9.17) is 9.47 Å². The van der Waals surface area contributed by atoms with E-state index in [1.54, 1.807) is 13.0 Å². The van der Waals surface area contributed by atoms with Gasteiger partial charge in [-0.3, -0.25) is 4.79 Å². The zero-order chi connectivity index (χ0) is 17.4. The molecule has 0 spiro atoms. The number of ether oxygens (including phenoxy) is 2. The van der Waals surface area contributed by atoms with Gasteiger partial charge in [0.15, 0.2) is 0 Å². The number of esters is 1. The zero-order valence-corrected chi connectivity index (χ0v) is 14.7. The average molecular weight is 347 g/mol. The van der Waals surface area contributed by atoms with Crippen LogP contribution < -0.4 is 5.32 Å². The van der Waals surface area contributed by atoms with Gasteiger partial charge >= 0.3 is 5.97 Å². The standard InChI is InChI=1S/C18H21NO4S/c1-3-23-18(21)17-13(2)11-16(24-17)19-15(20)9-10-22-12-14-7-5-4-6-8-14/h4-8,11H,3,9-10,12H2,1-2H3,(H,19,20). The summed E-state index contributed by atoms with van der Waals surface area (Å²) in [6.07, 6.45) is 0.262. The molecule has 0 radical (unpaired) electrons. The van der Waals surface area contributed by atoms with Crippen LogP contribution in [0.5, 0.6) is 0 Å². The van der Waals surface area contributed by atoms with Crippen LogP contribution in [0.25, 0.3) is 0 Å². The number of rotatable bonds is 8. The smallest absolute Gasteiger partial charge is 0.348 e. The van der Waals surface area contributed by atoms with Crippen LogP contribution in [0.1, 0.15) is 34.1 Å². The van der Waals surface area contributed by atoms with Crippen molar-refractivity contribution in [3.63, 3.8) is 0 Å². The van der Waals surface area contributed by atoms with Crippen LogP contribution in [0.15, 0.2) is 36.4 Å². The summed E-state index contributed by atoms with van der Waals surface area (Å²) in [7, 11) is 0. The van der Waals surface area contributed by atoms with Gasteiger partial charge in [-0.2, -0.15) is 0 Å². The molecule has 2 rings (SSSR count). The van der Waals surface area contributed by atoms with Crippen LogP contribution in [0.2, 0.25) is 0 Å². The summed E-state index contributed by atoms with van der Waals surface area (Å²) in [4.78, 5) is 24.2. The molecule has 0 fully saturated rings. The van der Waals surface area contributed by atoms with Crippen LogP contribution in [0.4, 0.5) is 5.00 Å². The van der Waals surface area contributed by atoms with Gasteiger partial charge in [0.2, 0.25) is 5.91 Å². The number of amides is 1. The van der Waals surface area contributed by atoms with Crippen LogP contribution >= 0.6 is 11.3 Å². The summed E-state index contributed by atoms with van der Waals surface area (Å²) in [5, 5.41) is 3.43. The molecule has 24 heavy (non-hydrogen) atoms. The van der Waals surface area contributed by atoms with Gasteiger partial charge in [0.1, 0.15) is 4.88 Å². The molecule has 2 aromatic rings. The highest BCUT2D eigenvalue weighted by atomic mass is 32.1. The molecule has 0 bridgehead atoms. The number of carbonyl (C=O) groups excluding carboxylic acids is 2. The minimum absolute atomic E-state index is 0.139. The zero-order valence-electron chi connectivity index (χ0n) is 13.8. The molecular formula is C18H21NO4S. The molecule has 0 aliphatic carbocycles. The maximum atomic E-state index is 11.9. The van der Waals surface area contributed by atoms with Crippen molar-refractivity contribution in [1.82, 2.24) is 0 Å². The summed E-state index contributed by atoms with van der Waals surface area (Å²) in [5.74, 6) is -0.494. The van der Waals surface area contributed by atoms with E-state index in [9.17, 15) is 9.59 Å². The molecule has 1 N–H and O–H groups in total. The third kappa shape index (κ3) is 5.47. The second-order valence-corrected chi connectivity index (χ2v) is 6.23. The molecule has 0 unspecified atom stereocenters. The Kier molecular flexibility index (Phi) is 6.96. The fourth-order valence-electron chi connectivity index (χ4n) is 2.07. The minimum atomic E-state index is -0.355. The summed E-state index contributed by atoms with van der Waals surface area (Å²) in [5.41, 5.74) is 1.87. The maximum absolute atomic E-state index is 11.9. The van der Waals surface area contributed by atoms with Crippen molar-refractivity contribution in [2.24, 2.45) is 0 Å².